The highest BCUT2D eigenvalue weighted by atomic mass is 15.2. The molecule has 0 spiro atoms. The average molecular weight is 686 g/mol. The predicted octanol–water partition coefficient (Wildman–Crippen LogP) is 12.6. The van der Waals surface area contributed by atoms with E-state index >= 15 is 0 Å². The van der Waals surface area contributed by atoms with Gasteiger partial charge in [0.1, 0.15) is 17.5 Å². The molecule has 0 unspecified atom stereocenters. The van der Waals surface area contributed by atoms with Crippen molar-refractivity contribution < 1.29 is 0 Å². The van der Waals surface area contributed by atoms with E-state index in [1.165, 1.54) is 43.8 Å². The summed E-state index contributed by atoms with van der Waals surface area (Å²) in [5, 5.41) is 4.88. The number of hydrogen-bond acceptors (Lipinski definition) is 5. The molecule has 0 fully saturated rings. The zero-order valence-electron chi connectivity index (χ0n) is 29.8. The second kappa shape index (κ2) is 15.2. The molecule has 0 aliphatic rings. The number of aryl methyl sites for hydroxylation is 1. The number of hydrogen-bond donors (Lipinski definition) is 0. The van der Waals surface area contributed by atoms with E-state index in [0.717, 1.165) is 34.4 Å². The molecular weight excluding hydrogens is 647 g/mol. The van der Waals surface area contributed by atoms with E-state index in [2.05, 4.69) is 147 Å². The Balaban J connectivity index is 1.24. The summed E-state index contributed by atoms with van der Waals surface area (Å²) in [6.45, 7) is 4.91. The molecule has 0 atom stereocenters. The van der Waals surface area contributed by atoms with Crippen LogP contribution >= 0.6 is 0 Å². The minimum Gasteiger partial charge on any atom is -0.323 e. The van der Waals surface area contributed by atoms with Crippen LogP contribution in [0.15, 0.2) is 188 Å². The maximum atomic E-state index is 4.67. The third-order valence-electron chi connectivity index (χ3n) is 9.47. The first-order chi connectivity index (χ1) is 26.2. The van der Waals surface area contributed by atoms with Crippen LogP contribution in [0.25, 0.3) is 43.8 Å². The van der Waals surface area contributed by atoms with E-state index in [4.69, 9.17) is 0 Å². The molecule has 53 heavy (non-hydrogen) atoms. The van der Waals surface area contributed by atoms with Crippen LogP contribution in [0.3, 0.4) is 0 Å². The summed E-state index contributed by atoms with van der Waals surface area (Å²) in [7, 11) is 0. The van der Waals surface area contributed by atoms with E-state index in [1.807, 2.05) is 80.1 Å². The normalized spacial score (nSPS) is 11.5. The van der Waals surface area contributed by atoms with Gasteiger partial charge in [-0.2, -0.15) is 0 Å². The summed E-state index contributed by atoms with van der Waals surface area (Å²) >= 11 is 0. The van der Waals surface area contributed by atoms with Crippen LogP contribution in [0, 0.1) is 6.92 Å². The summed E-state index contributed by atoms with van der Waals surface area (Å²) in [5.74, 6) is 2.54. The highest BCUT2D eigenvalue weighted by Gasteiger charge is 2.19. The Morgan fingerprint density at radius 2 is 1.00 bits per heavy atom. The fourth-order valence-electron chi connectivity index (χ4n) is 7.05. The Morgan fingerprint density at radius 1 is 0.491 bits per heavy atom. The van der Waals surface area contributed by atoms with Gasteiger partial charge in [-0.3, -0.25) is 4.90 Å². The first-order valence-corrected chi connectivity index (χ1v) is 17.9. The van der Waals surface area contributed by atoms with Crippen molar-refractivity contribution in [2.45, 2.75) is 13.8 Å². The van der Waals surface area contributed by atoms with Crippen LogP contribution < -0.4 is 9.80 Å². The fourth-order valence-corrected chi connectivity index (χ4v) is 7.05. The number of pyridine rings is 3. The van der Waals surface area contributed by atoms with Gasteiger partial charge in [-0.1, -0.05) is 115 Å². The maximum absolute atomic E-state index is 4.67. The van der Waals surface area contributed by atoms with Gasteiger partial charge in [-0.05, 0) is 118 Å². The number of allylic oxidation sites excluding steroid dienone is 3. The number of fused-ring (bicyclic) bond motifs is 2. The third kappa shape index (κ3) is 6.80. The van der Waals surface area contributed by atoms with Gasteiger partial charge in [-0.25, -0.2) is 15.0 Å². The first kappa shape index (κ1) is 33.3. The summed E-state index contributed by atoms with van der Waals surface area (Å²) in [5.41, 5.74) is 8.09. The molecule has 256 valence electrons. The van der Waals surface area contributed by atoms with E-state index < -0.39 is 0 Å². The van der Waals surface area contributed by atoms with Crippen molar-refractivity contribution in [1.82, 2.24) is 15.0 Å². The molecule has 0 amide bonds. The molecule has 0 aliphatic heterocycles. The van der Waals surface area contributed by atoms with Crippen LogP contribution in [0.5, 0.6) is 0 Å². The Labute approximate surface area is 310 Å². The monoisotopic (exact) mass is 685 g/mol. The molecular formula is C48H39N5. The number of nitrogens with zero attached hydrogens (tertiary/aromatic N) is 5. The molecule has 8 rings (SSSR count). The van der Waals surface area contributed by atoms with Crippen LogP contribution in [0.2, 0.25) is 0 Å². The molecule has 3 aromatic heterocycles. The van der Waals surface area contributed by atoms with Crippen molar-refractivity contribution in [3.05, 3.63) is 194 Å². The van der Waals surface area contributed by atoms with E-state index in [1.54, 1.807) is 0 Å². The zero-order chi connectivity index (χ0) is 36.0. The highest BCUT2D eigenvalue weighted by molar-refractivity contribution is 6.21. The van der Waals surface area contributed by atoms with Crippen molar-refractivity contribution in [2.24, 2.45) is 0 Å². The second-order valence-electron chi connectivity index (χ2n) is 12.9. The maximum Gasteiger partial charge on any atom is 0.138 e. The zero-order valence-corrected chi connectivity index (χ0v) is 29.8. The molecule has 5 aromatic carbocycles. The van der Waals surface area contributed by atoms with E-state index in [-0.39, 0.29) is 0 Å². The molecule has 0 bridgehead atoms. The lowest BCUT2D eigenvalue weighted by Gasteiger charge is -2.24. The summed E-state index contributed by atoms with van der Waals surface area (Å²) < 4.78 is 0. The summed E-state index contributed by atoms with van der Waals surface area (Å²) in [6.07, 6.45) is 13.8. The third-order valence-corrected chi connectivity index (χ3v) is 9.47. The second-order valence-corrected chi connectivity index (χ2v) is 12.9. The van der Waals surface area contributed by atoms with Crippen molar-refractivity contribution >= 4 is 50.4 Å². The van der Waals surface area contributed by atoms with Crippen LogP contribution in [-0.4, -0.2) is 21.5 Å². The fraction of sp³-hybridized carbons (Fsp3) is 0.0625. The van der Waals surface area contributed by atoms with Crippen molar-refractivity contribution in [3.8, 4) is 22.3 Å². The van der Waals surface area contributed by atoms with Crippen LogP contribution in [-0.2, 0) is 0 Å². The number of aromatic nitrogens is 3. The molecule has 0 N–H and O–H groups in total. The van der Waals surface area contributed by atoms with E-state index in [9.17, 15) is 0 Å². The Kier molecular flexibility index (Phi) is 9.54. The largest absolute Gasteiger partial charge is 0.323 e. The quantitative estimate of drug-likeness (QED) is 0.106. The number of anilines is 5. The molecule has 5 nitrogen and oxygen atoms in total. The average Bonchev–Trinajstić information content (AvgIpc) is 3.22. The van der Waals surface area contributed by atoms with Crippen molar-refractivity contribution in [2.75, 3.05) is 16.3 Å². The molecule has 5 heteroatoms. The summed E-state index contributed by atoms with van der Waals surface area (Å²) in [6, 6.07) is 51.3. The first-order valence-electron chi connectivity index (χ1n) is 17.9. The van der Waals surface area contributed by atoms with Gasteiger partial charge in [0.05, 0.1) is 0 Å². The van der Waals surface area contributed by atoms with Gasteiger partial charge in [0.15, 0.2) is 0 Å². The van der Waals surface area contributed by atoms with Crippen LogP contribution in [0.4, 0.5) is 28.8 Å². The van der Waals surface area contributed by atoms with Crippen molar-refractivity contribution in [3.63, 3.8) is 0 Å². The molecule has 0 saturated carbocycles. The van der Waals surface area contributed by atoms with Gasteiger partial charge >= 0.3 is 0 Å². The Bertz CT molecular complexity index is 2490. The standard InChI is InChI=1S/C48H39N5/c1-3-4-5-14-33-52(44-17-8-11-30-49-44)38-25-21-36(22-26-38)47-40-15-6-7-16-41(40)48(43-34-35(2)20-29-42(43)47)37-23-27-39(28-24-37)53(45-18-9-12-31-50-45)46-19-10-13-32-51-46/h3-32,34H,33H2,1-2H3/b4-3-,14-5-. The molecule has 0 aliphatic carbocycles. The molecule has 0 radical (unpaired) electrons. The van der Waals surface area contributed by atoms with Gasteiger partial charge in [0.25, 0.3) is 0 Å². The minimum absolute atomic E-state index is 0.709. The summed E-state index contributed by atoms with van der Waals surface area (Å²) in [4.78, 5) is 18.3. The van der Waals surface area contributed by atoms with Gasteiger partial charge in [0, 0.05) is 36.5 Å². The minimum atomic E-state index is 0.709. The van der Waals surface area contributed by atoms with E-state index in [0.29, 0.717) is 6.54 Å². The number of benzene rings is 5. The van der Waals surface area contributed by atoms with Crippen LogP contribution in [0.1, 0.15) is 12.5 Å². The SMILES string of the molecule is C/C=C\C=C/CN(c1ccc(-c2c3ccccc3c(-c3ccc(N(c4ccccn4)c4ccccn4)cc3)c3cc(C)ccc23)cc1)c1ccccn1. The highest BCUT2D eigenvalue weighted by Crippen LogP contribution is 2.45. The lowest BCUT2D eigenvalue weighted by atomic mass is 9.85. The molecule has 8 aromatic rings. The topological polar surface area (TPSA) is 45.2 Å². The predicted molar refractivity (Wildman–Crippen MR) is 223 cm³/mol. The number of rotatable bonds is 10. The van der Waals surface area contributed by atoms with Gasteiger partial charge in [0.2, 0.25) is 0 Å². The lowest BCUT2D eigenvalue weighted by Crippen LogP contribution is -2.17. The smallest absolute Gasteiger partial charge is 0.138 e. The van der Waals surface area contributed by atoms with Gasteiger partial charge in [-0.15, -0.1) is 0 Å². The lowest BCUT2D eigenvalue weighted by molar-refractivity contribution is 1.05. The molecule has 3 heterocycles. The van der Waals surface area contributed by atoms with Crippen molar-refractivity contribution in [1.29, 1.82) is 0 Å². The Morgan fingerprint density at radius 3 is 1.55 bits per heavy atom. The molecule has 0 saturated heterocycles. The van der Waals surface area contributed by atoms with Gasteiger partial charge < -0.3 is 4.90 Å². The Hall–Kier alpha value is -6.85.